The van der Waals surface area contributed by atoms with E-state index in [-0.39, 0.29) is 11.2 Å². The minimum Gasteiger partial charge on any atom is -0.493 e. The van der Waals surface area contributed by atoms with Crippen LogP contribution in [0.4, 0.5) is 0 Å². The van der Waals surface area contributed by atoms with Crippen molar-refractivity contribution in [1.29, 1.82) is 0 Å². The molecule has 0 saturated heterocycles. The second-order valence-corrected chi connectivity index (χ2v) is 8.29. The van der Waals surface area contributed by atoms with Crippen molar-refractivity contribution in [2.24, 2.45) is 5.10 Å². The average Bonchev–Trinajstić information content (AvgIpc) is 2.68. The van der Waals surface area contributed by atoms with Crippen LogP contribution in [0.25, 0.3) is 0 Å². The SMILES string of the molecule is C=CCOc1c(Br)cc(/C=N\NC(=O)[C@@H](C)Sc2ccc(Cl)cc2)cc1OC. The third kappa shape index (κ3) is 6.58. The van der Waals surface area contributed by atoms with Crippen LogP contribution in [0.3, 0.4) is 0 Å². The highest BCUT2D eigenvalue weighted by Gasteiger charge is 2.14. The molecule has 2 aromatic rings. The van der Waals surface area contributed by atoms with Crippen molar-refractivity contribution in [3.05, 3.63) is 64.1 Å². The predicted octanol–water partition coefficient (Wildman–Crippen LogP) is 5.31. The third-order valence-electron chi connectivity index (χ3n) is 3.48. The first-order valence-corrected chi connectivity index (χ1v) is 10.4. The van der Waals surface area contributed by atoms with E-state index in [1.165, 1.54) is 11.8 Å². The minimum atomic E-state index is -0.311. The average molecular weight is 484 g/mol. The van der Waals surface area contributed by atoms with Crippen LogP contribution in [0.2, 0.25) is 5.02 Å². The monoisotopic (exact) mass is 482 g/mol. The zero-order valence-corrected chi connectivity index (χ0v) is 18.6. The summed E-state index contributed by atoms with van der Waals surface area (Å²) in [5, 5.41) is 4.38. The molecule has 2 aromatic carbocycles. The Hall–Kier alpha value is -1.96. The van der Waals surface area contributed by atoms with Gasteiger partial charge in [0.1, 0.15) is 6.61 Å². The number of halogens is 2. The fourth-order valence-electron chi connectivity index (χ4n) is 2.13. The molecule has 148 valence electrons. The molecule has 0 spiro atoms. The van der Waals surface area contributed by atoms with Crippen molar-refractivity contribution in [3.63, 3.8) is 0 Å². The number of carbonyl (C=O) groups excluding carboxylic acids is 1. The van der Waals surface area contributed by atoms with Gasteiger partial charge in [-0.25, -0.2) is 5.43 Å². The molecular weight excluding hydrogens is 464 g/mol. The van der Waals surface area contributed by atoms with Crippen molar-refractivity contribution in [3.8, 4) is 11.5 Å². The Morgan fingerprint density at radius 1 is 1.39 bits per heavy atom. The first-order valence-electron chi connectivity index (χ1n) is 8.31. The lowest BCUT2D eigenvalue weighted by molar-refractivity contribution is -0.120. The van der Waals surface area contributed by atoms with Crippen LogP contribution < -0.4 is 14.9 Å². The maximum absolute atomic E-state index is 12.2. The number of carbonyl (C=O) groups is 1. The van der Waals surface area contributed by atoms with Crippen molar-refractivity contribution in [2.75, 3.05) is 13.7 Å². The number of nitrogens with zero attached hydrogens (tertiary/aromatic N) is 1. The summed E-state index contributed by atoms with van der Waals surface area (Å²) in [5.41, 5.74) is 3.29. The molecule has 0 aromatic heterocycles. The van der Waals surface area contributed by atoms with Crippen LogP contribution >= 0.6 is 39.3 Å². The van der Waals surface area contributed by atoms with Gasteiger partial charge in [-0.1, -0.05) is 24.3 Å². The molecule has 0 bridgehead atoms. The van der Waals surface area contributed by atoms with Gasteiger partial charge in [0.15, 0.2) is 11.5 Å². The van der Waals surface area contributed by atoms with Crippen molar-refractivity contribution >= 4 is 51.4 Å². The van der Waals surface area contributed by atoms with Crippen LogP contribution in [0.1, 0.15) is 12.5 Å². The van der Waals surface area contributed by atoms with E-state index in [4.69, 9.17) is 21.1 Å². The maximum atomic E-state index is 12.2. The highest BCUT2D eigenvalue weighted by Crippen LogP contribution is 2.36. The molecule has 1 atom stereocenters. The van der Waals surface area contributed by atoms with Crippen molar-refractivity contribution < 1.29 is 14.3 Å². The Morgan fingerprint density at radius 2 is 2.11 bits per heavy atom. The lowest BCUT2D eigenvalue weighted by Crippen LogP contribution is -2.26. The maximum Gasteiger partial charge on any atom is 0.253 e. The number of amides is 1. The summed E-state index contributed by atoms with van der Waals surface area (Å²) in [6.45, 7) is 5.81. The molecule has 0 heterocycles. The molecule has 28 heavy (non-hydrogen) atoms. The van der Waals surface area contributed by atoms with Crippen molar-refractivity contribution in [2.45, 2.75) is 17.1 Å². The molecule has 1 amide bonds. The second-order valence-electron chi connectivity index (χ2n) is 5.58. The Labute approximate surface area is 182 Å². The number of hydrogen-bond donors (Lipinski definition) is 1. The number of benzene rings is 2. The van der Waals surface area contributed by atoms with Gasteiger partial charge in [-0.15, -0.1) is 11.8 Å². The largest absolute Gasteiger partial charge is 0.493 e. The minimum absolute atomic E-state index is 0.201. The Kier molecular flexibility index (Phi) is 8.89. The van der Waals surface area contributed by atoms with Gasteiger partial charge in [-0.05, 0) is 64.8 Å². The van der Waals surface area contributed by atoms with Gasteiger partial charge < -0.3 is 9.47 Å². The zero-order chi connectivity index (χ0) is 20.5. The van der Waals surface area contributed by atoms with E-state index in [1.54, 1.807) is 37.6 Å². The molecule has 2 rings (SSSR count). The number of hydrazone groups is 1. The van der Waals surface area contributed by atoms with Gasteiger partial charge in [0, 0.05) is 9.92 Å². The lowest BCUT2D eigenvalue weighted by atomic mass is 10.2. The van der Waals surface area contributed by atoms with Gasteiger partial charge in [-0.3, -0.25) is 4.79 Å². The number of thioether (sulfide) groups is 1. The predicted molar refractivity (Wildman–Crippen MR) is 119 cm³/mol. The van der Waals surface area contributed by atoms with E-state index in [2.05, 4.69) is 33.0 Å². The van der Waals surface area contributed by atoms with Gasteiger partial charge in [0.2, 0.25) is 0 Å². The number of nitrogens with one attached hydrogen (secondary N) is 1. The van der Waals surface area contributed by atoms with E-state index in [1.807, 2.05) is 25.1 Å². The Bertz CT molecular complexity index is 859. The highest BCUT2D eigenvalue weighted by atomic mass is 79.9. The van der Waals surface area contributed by atoms with Gasteiger partial charge >= 0.3 is 0 Å². The molecule has 0 unspecified atom stereocenters. The molecule has 1 N–H and O–H groups in total. The van der Waals surface area contributed by atoms with E-state index in [0.29, 0.717) is 27.6 Å². The number of rotatable bonds is 9. The standard InChI is InChI=1S/C20H20BrClN2O3S/c1-4-9-27-19-17(21)10-14(11-18(19)26-3)12-23-24-20(25)13(2)28-16-7-5-15(22)6-8-16/h4-8,10-13H,1,9H2,2-3H3,(H,24,25)/b23-12-/t13-/m1/s1. The number of ether oxygens (including phenoxy) is 2. The van der Waals surface area contributed by atoms with E-state index in [9.17, 15) is 4.79 Å². The molecule has 0 aliphatic carbocycles. The molecule has 0 saturated carbocycles. The molecule has 0 aliphatic rings. The number of hydrogen-bond acceptors (Lipinski definition) is 5. The summed E-state index contributed by atoms with van der Waals surface area (Å²) in [6.07, 6.45) is 3.20. The molecule has 5 nitrogen and oxygen atoms in total. The third-order valence-corrected chi connectivity index (χ3v) is 5.43. The molecule has 0 radical (unpaired) electrons. The Morgan fingerprint density at radius 3 is 2.75 bits per heavy atom. The van der Waals surface area contributed by atoms with Crippen LogP contribution in [0, 0.1) is 0 Å². The van der Waals surface area contributed by atoms with Gasteiger partial charge in [0.05, 0.1) is 23.0 Å². The fraction of sp³-hybridized carbons (Fsp3) is 0.200. The molecule has 0 aliphatic heterocycles. The normalized spacial score (nSPS) is 11.9. The van der Waals surface area contributed by atoms with Gasteiger partial charge in [-0.2, -0.15) is 5.10 Å². The number of methoxy groups -OCH3 is 1. The first kappa shape index (κ1) is 22.3. The highest BCUT2D eigenvalue weighted by molar-refractivity contribution is 9.10. The van der Waals surface area contributed by atoms with Gasteiger partial charge in [0.25, 0.3) is 5.91 Å². The summed E-state index contributed by atoms with van der Waals surface area (Å²) in [6, 6.07) is 10.9. The topological polar surface area (TPSA) is 59.9 Å². The van der Waals surface area contributed by atoms with E-state index in [0.717, 1.165) is 10.5 Å². The summed E-state index contributed by atoms with van der Waals surface area (Å²) >= 11 is 10.8. The summed E-state index contributed by atoms with van der Waals surface area (Å²) in [5.74, 6) is 0.931. The zero-order valence-electron chi connectivity index (χ0n) is 15.4. The fourth-order valence-corrected chi connectivity index (χ4v) is 3.69. The van der Waals surface area contributed by atoms with E-state index >= 15 is 0 Å². The first-order chi connectivity index (χ1) is 13.4. The lowest BCUT2D eigenvalue weighted by Gasteiger charge is -2.12. The molecular formula is C20H20BrClN2O3S. The quantitative estimate of drug-likeness (QED) is 0.227. The van der Waals surface area contributed by atoms with Crippen LogP contribution in [0.15, 0.2) is 63.5 Å². The smallest absolute Gasteiger partial charge is 0.253 e. The van der Waals surface area contributed by atoms with Crippen molar-refractivity contribution in [1.82, 2.24) is 5.43 Å². The molecule has 8 heteroatoms. The molecule has 0 fully saturated rings. The van der Waals surface area contributed by atoms with Crippen LogP contribution in [-0.4, -0.2) is 31.1 Å². The Balaban J connectivity index is 1.99. The van der Waals surface area contributed by atoms with Crippen LogP contribution in [-0.2, 0) is 4.79 Å². The van der Waals surface area contributed by atoms with E-state index < -0.39 is 0 Å². The summed E-state index contributed by atoms with van der Waals surface area (Å²) in [4.78, 5) is 13.2. The summed E-state index contributed by atoms with van der Waals surface area (Å²) < 4.78 is 11.7. The van der Waals surface area contributed by atoms with Crippen LogP contribution in [0.5, 0.6) is 11.5 Å². The summed E-state index contributed by atoms with van der Waals surface area (Å²) in [7, 11) is 1.56. The second kappa shape index (κ2) is 11.1.